The van der Waals surface area contributed by atoms with E-state index in [-0.39, 0.29) is 0 Å². The topological polar surface area (TPSA) is 41.6 Å². The van der Waals surface area contributed by atoms with Crippen molar-refractivity contribution in [2.75, 3.05) is 0 Å². The van der Waals surface area contributed by atoms with E-state index < -0.39 is 0 Å². The average molecular weight is 189 g/mol. The van der Waals surface area contributed by atoms with Gasteiger partial charge in [0.05, 0.1) is 0 Å². The maximum absolute atomic E-state index is 4.43. The van der Waals surface area contributed by atoms with Gasteiger partial charge in [-0.25, -0.2) is 9.97 Å². The lowest BCUT2D eigenvalue weighted by Crippen LogP contribution is -1.91. The first-order valence-electron chi connectivity index (χ1n) is 5.05. The summed E-state index contributed by atoms with van der Waals surface area (Å²) in [5.74, 6) is 1.41. The smallest absolute Gasteiger partial charge is 0.141 e. The molecule has 0 fully saturated rings. The van der Waals surface area contributed by atoms with Crippen LogP contribution in [0.5, 0.6) is 0 Å². The molecule has 0 amide bonds. The van der Waals surface area contributed by atoms with E-state index in [1.54, 1.807) is 0 Å². The van der Waals surface area contributed by atoms with E-state index in [2.05, 4.69) is 41.8 Å². The van der Waals surface area contributed by atoms with Gasteiger partial charge in [0.2, 0.25) is 0 Å². The van der Waals surface area contributed by atoms with Gasteiger partial charge in [-0.15, -0.1) is 0 Å². The van der Waals surface area contributed by atoms with Crippen molar-refractivity contribution in [3.63, 3.8) is 0 Å². The minimum atomic E-state index is 0.509. The van der Waals surface area contributed by atoms with Crippen molar-refractivity contribution in [1.82, 2.24) is 15.0 Å². The highest BCUT2D eigenvalue weighted by Crippen LogP contribution is 2.18. The first-order valence-corrected chi connectivity index (χ1v) is 5.05. The molecule has 2 heterocycles. The number of nitrogens with one attached hydrogen (secondary N) is 1. The van der Waals surface area contributed by atoms with Gasteiger partial charge in [0, 0.05) is 23.7 Å². The van der Waals surface area contributed by atoms with E-state index in [4.69, 9.17) is 0 Å². The van der Waals surface area contributed by atoms with Crippen LogP contribution in [-0.4, -0.2) is 15.0 Å². The fourth-order valence-corrected chi connectivity index (χ4v) is 1.46. The molecule has 14 heavy (non-hydrogen) atoms. The maximum Gasteiger partial charge on any atom is 0.141 e. The molecule has 0 saturated carbocycles. The quantitative estimate of drug-likeness (QED) is 0.789. The second-order valence-corrected chi connectivity index (χ2v) is 3.82. The average Bonchev–Trinajstić information content (AvgIpc) is 2.59. The van der Waals surface area contributed by atoms with E-state index >= 15 is 0 Å². The monoisotopic (exact) mass is 189 g/mol. The molecule has 0 aliphatic carbocycles. The lowest BCUT2D eigenvalue weighted by Gasteiger charge is -1.97. The highest BCUT2D eigenvalue weighted by molar-refractivity contribution is 5.75. The Labute approximate surface area is 83.6 Å². The molecule has 0 saturated heterocycles. The van der Waals surface area contributed by atoms with Crippen LogP contribution in [0, 0.1) is 0 Å². The molecule has 3 heteroatoms. The van der Waals surface area contributed by atoms with Crippen LogP contribution >= 0.6 is 0 Å². The van der Waals surface area contributed by atoms with Gasteiger partial charge >= 0.3 is 0 Å². The van der Waals surface area contributed by atoms with Gasteiger partial charge in [0.25, 0.3) is 0 Å². The number of fused-ring (bicyclic) bond motifs is 1. The zero-order valence-electron chi connectivity index (χ0n) is 8.83. The molecule has 1 N–H and O–H groups in total. The van der Waals surface area contributed by atoms with Crippen LogP contribution in [0.2, 0.25) is 0 Å². The lowest BCUT2D eigenvalue weighted by atomic mass is 10.1. The summed E-state index contributed by atoms with van der Waals surface area (Å²) in [6.07, 6.45) is 2.77. The number of aromatic amines is 1. The molecule has 0 aromatic carbocycles. The molecule has 2 aromatic heterocycles. The Morgan fingerprint density at radius 3 is 2.86 bits per heavy atom. The maximum atomic E-state index is 4.43. The van der Waals surface area contributed by atoms with Crippen molar-refractivity contribution in [2.45, 2.75) is 33.1 Å². The Morgan fingerprint density at radius 2 is 2.21 bits per heavy atom. The molecule has 74 valence electrons. The normalized spacial score (nSPS) is 11.4. The number of aryl methyl sites for hydroxylation is 1. The van der Waals surface area contributed by atoms with Crippen LogP contribution in [0.25, 0.3) is 11.0 Å². The van der Waals surface area contributed by atoms with Gasteiger partial charge in [0.1, 0.15) is 11.5 Å². The van der Waals surface area contributed by atoms with Gasteiger partial charge in [-0.3, -0.25) is 0 Å². The van der Waals surface area contributed by atoms with Gasteiger partial charge in [0.15, 0.2) is 0 Å². The van der Waals surface area contributed by atoms with E-state index in [1.165, 1.54) is 5.69 Å². The molecule has 0 aliphatic heterocycles. The van der Waals surface area contributed by atoms with Crippen LogP contribution < -0.4 is 0 Å². The number of hydrogen-bond donors (Lipinski definition) is 1. The van der Waals surface area contributed by atoms with E-state index in [0.717, 1.165) is 23.3 Å². The Morgan fingerprint density at radius 1 is 1.43 bits per heavy atom. The largest absolute Gasteiger partial charge is 0.343 e. The van der Waals surface area contributed by atoms with Crippen molar-refractivity contribution < 1.29 is 0 Å². The molecule has 0 radical (unpaired) electrons. The Kier molecular flexibility index (Phi) is 2.23. The SMILES string of the molecule is CCc1ncc2cc(C(C)C)[nH]c2n1. The number of rotatable bonds is 2. The molecule has 0 aliphatic rings. The Balaban J connectivity index is 2.54. The number of nitrogens with zero attached hydrogens (tertiary/aromatic N) is 2. The summed E-state index contributed by atoms with van der Waals surface area (Å²) < 4.78 is 0. The predicted molar refractivity (Wildman–Crippen MR) is 57.4 cm³/mol. The zero-order chi connectivity index (χ0) is 10.1. The summed E-state index contributed by atoms with van der Waals surface area (Å²) in [6, 6.07) is 2.12. The lowest BCUT2D eigenvalue weighted by molar-refractivity contribution is 0.834. The second kappa shape index (κ2) is 3.40. The first kappa shape index (κ1) is 9.19. The van der Waals surface area contributed by atoms with Crippen molar-refractivity contribution in [3.05, 3.63) is 23.8 Å². The third-order valence-corrected chi connectivity index (χ3v) is 2.38. The van der Waals surface area contributed by atoms with E-state index in [1.807, 2.05) is 6.20 Å². The summed E-state index contributed by atoms with van der Waals surface area (Å²) in [4.78, 5) is 12.0. The van der Waals surface area contributed by atoms with Crippen LogP contribution in [0.1, 0.15) is 38.2 Å². The summed E-state index contributed by atoms with van der Waals surface area (Å²) >= 11 is 0. The van der Waals surface area contributed by atoms with Crippen molar-refractivity contribution >= 4 is 11.0 Å². The second-order valence-electron chi connectivity index (χ2n) is 3.82. The number of H-pyrrole nitrogens is 1. The molecule has 0 unspecified atom stereocenters. The van der Waals surface area contributed by atoms with Gasteiger partial charge < -0.3 is 4.98 Å². The van der Waals surface area contributed by atoms with Crippen LogP contribution in [0.3, 0.4) is 0 Å². The third-order valence-electron chi connectivity index (χ3n) is 2.38. The molecule has 3 nitrogen and oxygen atoms in total. The Hall–Kier alpha value is -1.38. The molecule has 0 bridgehead atoms. The Bertz CT molecular complexity index is 443. The summed E-state index contributed by atoms with van der Waals surface area (Å²) in [5.41, 5.74) is 2.18. The summed E-state index contributed by atoms with van der Waals surface area (Å²) in [5, 5.41) is 1.10. The molecule has 2 rings (SSSR count). The molecule has 2 aromatic rings. The fraction of sp³-hybridized carbons (Fsp3) is 0.455. The highest BCUT2D eigenvalue weighted by Gasteiger charge is 2.05. The van der Waals surface area contributed by atoms with Crippen molar-refractivity contribution in [1.29, 1.82) is 0 Å². The van der Waals surface area contributed by atoms with Crippen molar-refractivity contribution in [3.8, 4) is 0 Å². The van der Waals surface area contributed by atoms with Crippen molar-refractivity contribution in [2.24, 2.45) is 0 Å². The standard InChI is InChI=1S/C11H15N3/c1-4-10-12-6-8-5-9(7(2)3)13-11(8)14-10/h5-7H,4H2,1-3H3,(H,12,13,14). The minimum absolute atomic E-state index is 0.509. The minimum Gasteiger partial charge on any atom is -0.343 e. The molecular formula is C11H15N3. The van der Waals surface area contributed by atoms with E-state index in [9.17, 15) is 0 Å². The third kappa shape index (κ3) is 1.50. The van der Waals surface area contributed by atoms with Gasteiger partial charge in [-0.1, -0.05) is 20.8 Å². The van der Waals surface area contributed by atoms with Crippen LogP contribution in [-0.2, 0) is 6.42 Å². The first-order chi connectivity index (χ1) is 6.70. The van der Waals surface area contributed by atoms with Crippen LogP contribution in [0.4, 0.5) is 0 Å². The molecular weight excluding hydrogens is 174 g/mol. The van der Waals surface area contributed by atoms with Crippen LogP contribution in [0.15, 0.2) is 12.3 Å². The molecule has 0 spiro atoms. The summed E-state index contributed by atoms with van der Waals surface area (Å²) in [7, 11) is 0. The fourth-order valence-electron chi connectivity index (χ4n) is 1.46. The number of hydrogen-bond acceptors (Lipinski definition) is 2. The zero-order valence-corrected chi connectivity index (χ0v) is 8.83. The van der Waals surface area contributed by atoms with Gasteiger partial charge in [-0.05, 0) is 12.0 Å². The van der Waals surface area contributed by atoms with Gasteiger partial charge in [-0.2, -0.15) is 0 Å². The predicted octanol–water partition coefficient (Wildman–Crippen LogP) is 2.64. The number of aromatic nitrogens is 3. The molecule has 0 atom stereocenters. The summed E-state index contributed by atoms with van der Waals surface area (Å²) in [6.45, 7) is 6.39. The van der Waals surface area contributed by atoms with E-state index in [0.29, 0.717) is 5.92 Å². The highest BCUT2D eigenvalue weighted by atomic mass is 14.9.